The summed E-state index contributed by atoms with van der Waals surface area (Å²) in [6.07, 6.45) is 0.0621. The molecule has 1 aromatic heterocycles. The van der Waals surface area contributed by atoms with E-state index in [2.05, 4.69) is 19.6 Å². The number of aryl methyl sites for hydroxylation is 1. The maximum Gasteiger partial charge on any atom is 0.308 e. The van der Waals surface area contributed by atoms with Gasteiger partial charge in [0.15, 0.2) is 0 Å². The molecule has 0 aromatic carbocycles. The van der Waals surface area contributed by atoms with Crippen molar-refractivity contribution >= 4 is 11.8 Å². The Morgan fingerprint density at radius 1 is 1.52 bits per heavy atom. The van der Waals surface area contributed by atoms with E-state index in [-0.39, 0.29) is 18.5 Å². The molecule has 1 saturated heterocycles. The number of nitrogens with zero attached hydrogens (tertiary/aromatic N) is 3. The van der Waals surface area contributed by atoms with Crippen molar-refractivity contribution in [2.75, 3.05) is 38.3 Å². The van der Waals surface area contributed by atoms with Crippen LogP contribution < -0.4 is 9.64 Å². The van der Waals surface area contributed by atoms with Gasteiger partial charge in [0.05, 0.1) is 32.8 Å². The van der Waals surface area contributed by atoms with Crippen LogP contribution in [0.1, 0.15) is 19.2 Å². The quantitative estimate of drug-likeness (QED) is 0.749. The molecule has 2 heterocycles. The molecule has 0 saturated carbocycles. The Kier molecular flexibility index (Phi) is 5.32. The predicted molar refractivity (Wildman–Crippen MR) is 76.5 cm³/mol. The second kappa shape index (κ2) is 7.21. The van der Waals surface area contributed by atoms with Gasteiger partial charge < -0.3 is 19.1 Å². The summed E-state index contributed by atoms with van der Waals surface area (Å²) < 4.78 is 15.7. The molecule has 1 aromatic rings. The Labute approximate surface area is 124 Å². The van der Waals surface area contributed by atoms with E-state index >= 15 is 0 Å². The van der Waals surface area contributed by atoms with Gasteiger partial charge >= 0.3 is 5.97 Å². The van der Waals surface area contributed by atoms with Gasteiger partial charge in [-0.05, 0) is 13.8 Å². The van der Waals surface area contributed by atoms with Crippen LogP contribution in [0.25, 0.3) is 0 Å². The van der Waals surface area contributed by atoms with E-state index in [1.807, 2.05) is 19.9 Å². The molecule has 116 valence electrons. The first-order chi connectivity index (χ1) is 10.1. The Bertz CT molecular complexity index is 495. The number of methoxy groups -OCH3 is 1. The molecule has 7 heteroatoms. The second-order valence-electron chi connectivity index (χ2n) is 4.76. The summed E-state index contributed by atoms with van der Waals surface area (Å²) >= 11 is 0. The molecule has 1 aliphatic heterocycles. The van der Waals surface area contributed by atoms with E-state index in [0.717, 1.165) is 12.4 Å². The highest BCUT2D eigenvalue weighted by Crippen LogP contribution is 2.21. The third-order valence-corrected chi connectivity index (χ3v) is 3.18. The van der Waals surface area contributed by atoms with Crippen molar-refractivity contribution in [2.24, 2.45) is 0 Å². The van der Waals surface area contributed by atoms with Gasteiger partial charge in [-0.2, -0.15) is 4.98 Å². The van der Waals surface area contributed by atoms with E-state index in [9.17, 15) is 4.79 Å². The molecule has 0 bridgehead atoms. The van der Waals surface area contributed by atoms with Gasteiger partial charge in [0.25, 0.3) is 0 Å². The number of esters is 1. The topological polar surface area (TPSA) is 73.8 Å². The van der Waals surface area contributed by atoms with Crippen LogP contribution in [0, 0.1) is 6.92 Å². The van der Waals surface area contributed by atoms with E-state index in [4.69, 9.17) is 9.47 Å². The molecule has 7 nitrogen and oxygen atoms in total. The maximum absolute atomic E-state index is 11.4. The van der Waals surface area contributed by atoms with Crippen LogP contribution in [-0.4, -0.2) is 55.5 Å². The van der Waals surface area contributed by atoms with Gasteiger partial charge in [0.2, 0.25) is 5.88 Å². The van der Waals surface area contributed by atoms with Crippen molar-refractivity contribution in [3.05, 3.63) is 11.9 Å². The first-order valence-electron chi connectivity index (χ1n) is 7.04. The molecule has 0 radical (unpaired) electrons. The first-order valence-corrected chi connectivity index (χ1v) is 7.04. The Morgan fingerprint density at radius 2 is 2.33 bits per heavy atom. The Hall–Kier alpha value is -1.89. The molecule has 0 N–H and O–H groups in total. The third kappa shape index (κ3) is 4.29. The summed E-state index contributed by atoms with van der Waals surface area (Å²) in [4.78, 5) is 22.1. The van der Waals surface area contributed by atoms with E-state index in [0.29, 0.717) is 31.5 Å². The zero-order chi connectivity index (χ0) is 15.2. The number of carbonyl (C=O) groups excluding carboxylic acids is 1. The molecular formula is C14H21N3O4. The maximum atomic E-state index is 11.4. The molecule has 0 aliphatic carbocycles. The third-order valence-electron chi connectivity index (χ3n) is 3.18. The van der Waals surface area contributed by atoms with Crippen LogP contribution in [0.5, 0.6) is 5.88 Å². The fourth-order valence-corrected chi connectivity index (χ4v) is 2.23. The molecule has 21 heavy (non-hydrogen) atoms. The van der Waals surface area contributed by atoms with Crippen molar-refractivity contribution in [3.63, 3.8) is 0 Å². The van der Waals surface area contributed by atoms with E-state index < -0.39 is 0 Å². The predicted octanol–water partition coefficient (Wildman–Crippen LogP) is 0.952. The van der Waals surface area contributed by atoms with Crippen LogP contribution >= 0.6 is 0 Å². The molecule has 1 aliphatic rings. The van der Waals surface area contributed by atoms with Crippen molar-refractivity contribution in [2.45, 2.75) is 26.4 Å². The number of hydrogen-bond acceptors (Lipinski definition) is 7. The van der Waals surface area contributed by atoms with E-state index in [1.165, 1.54) is 7.11 Å². The largest absolute Gasteiger partial charge is 0.478 e. The normalized spacial score (nSPS) is 18.4. The minimum Gasteiger partial charge on any atom is -0.478 e. The molecule has 2 rings (SSSR count). The summed E-state index contributed by atoms with van der Waals surface area (Å²) in [5, 5.41) is 0. The number of anilines is 1. The minimum atomic E-state index is -0.268. The molecule has 0 amide bonds. The lowest BCUT2D eigenvalue weighted by atomic mass is 10.2. The van der Waals surface area contributed by atoms with Gasteiger partial charge in [-0.25, -0.2) is 4.98 Å². The standard InChI is InChI=1S/C14H21N3O4/c1-4-20-13-8-12(15-10(2)16-13)17-5-6-21-11(9-17)7-14(18)19-3/h8,11H,4-7,9H2,1-3H3. The van der Waals surface area contributed by atoms with E-state index in [1.54, 1.807) is 0 Å². The van der Waals surface area contributed by atoms with Crippen molar-refractivity contribution < 1.29 is 19.0 Å². The molecular weight excluding hydrogens is 274 g/mol. The molecule has 0 spiro atoms. The highest BCUT2D eigenvalue weighted by Gasteiger charge is 2.24. The number of aromatic nitrogens is 2. The summed E-state index contributed by atoms with van der Waals surface area (Å²) in [7, 11) is 1.38. The fourth-order valence-electron chi connectivity index (χ4n) is 2.23. The van der Waals surface area contributed by atoms with Crippen LogP contribution in [0.2, 0.25) is 0 Å². The van der Waals surface area contributed by atoms with Gasteiger partial charge in [-0.1, -0.05) is 0 Å². The van der Waals surface area contributed by atoms with Crippen molar-refractivity contribution in [1.82, 2.24) is 9.97 Å². The Morgan fingerprint density at radius 3 is 3.05 bits per heavy atom. The number of morpholine rings is 1. The zero-order valence-corrected chi connectivity index (χ0v) is 12.7. The van der Waals surface area contributed by atoms with Crippen LogP contribution in [0.4, 0.5) is 5.82 Å². The van der Waals surface area contributed by atoms with Crippen LogP contribution in [0.3, 0.4) is 0 Å². The van der Waals surface area contributed by atoms with Gasteiger partial charge in [-0.3, -0.25) is 4.79 Å². The lowest BCUT2D eigenvalue weighted by molar-refractivity contribution is -0.144. The van der Waals surface area contributed by atoms with Gasteiger partial charge in [-0.15, -0.1) is 0 Å². The summed E-state index contributed by atoms with van der Waals surface area (Å²) in [6, 6.07) is 1.82. The average molecular weight is 295 g/mol. The monoisotopic (exact) mass is 295 g/mol. The SMILES string of the molecule is CCOc1cc(N2CCOC(CC(=O)OC)C2)nc(C)n1. The summed E-state index contributed by atoms with van der Waals surface area (Å²) in [5.74, 6) is 1.75. The minimum absolute atomic E-state index is 0.183. The molecule has 1 fully saturated rings. The molecule has 1 atom stereocenters. The lowest BCUT2D eigenvalue weighted by Gasteiger charge is -2.33. The van der Waals surface area contributed by atoms with Crippen LogP contribution in [0.15, 0.2) is 6.07 Å². The highest BCUT2D eigenvalue weighted by atomic mass is 16.5. The van der Waals surface area contributed by atoms with Crippen molar-refractivity contribution in [3.8, 4) is 5.88 Å². The fraction of sp³-hybridized carbons (Fsp3) is 0.643. The highest BCUT2D eigenvalue weighted by molar-refractivity contribution is 5.69. The lowest BCUT2D eigenvalue weighted by Crippen LogP contribution is -2.44. The number of hydrogen-bond donors (Lipinski definition) is 0. The van der Waals surface area contributed by atoms with Crippen LogP contribution in [-0.2, 0) is 14.3 Å². The smallest absolute Gasteiger partial charge is 0.308 e. The summed E-state index contributed by atoms with van der Waals surface area (Å²) in [5.41, 5.74) is 0. The number of rotatable bonds is 5. The first kappa shape index (κ1) is 15.5. The summed E-state index contributed by atoms with van der Waals surface area (Å²) in [6.45, 7) is 6.17. The van der Waals surface area contributed by atoms with Crippen molar-refractivity contribution in [1.29, 1.82) is 0 Å². The zero-order valence-electron chi connectivity index (χ0n) is 12.7. The molecule has 1 unspecified atom stereocenters. The average Bonchev–Trinajstić information content (AvgIpc) is 2.47. The van der Waals surface area contributed by atoms with Gasteiger partial charge in [0, 0.05) is 19.2 Å². The number of carbonyl (C=O) groups is 1. The second-order valence-corrected chi connectivity index (χ2v) is 4.76. The van der Waals surface area contributed by atoms with Gasteiger partial charge in [0.1, 0.15) is 11.6 Å². The number of ether oxygens (including phenoxy) is 3. The Balaban J connectivity index is 2.08.